The predicted octanol–water partition coefficient (Wildman–Crippen LogP) is 1.10. The molecule has 0 aromatic carbocycles. The quantitative estimate of drug-likeness (QED) is 0.760. The lowest BCUT2D eigenvalue weighted by Crippen LogP contribution is -2.26. The summed E-state index contributed by atoms with van der Waals surface area (Å²) in [4.78, 5) is 10.6. The van der Waals surface area contributed by atoms with E-state index in [-0.39, 0.29) is 12.0 Å². The van der Waals surface area contributed by atoms with Gasteiger partial charge in [-0.2, -0.15) is 0 Å². The van der Waals surface area contributed by atoms with Crippen molar-refractivity contribution < 1.29 is 13.9 Å². The highest BCUT2D eigenvalue weighted by Crippen LogP contribution is 2.15. The van der Waals surface area contributed by atoms with Crippen LogP contribution >= 0.6 is 0 Å². The largest absolute Gasteiger partial charge is 0.467 e. The number of hydrogen-bond acceptors (Lipinski definition) is 3. The summed E-state index contributed by atoms with van der Waals surface area (Å²) in [6.07, 6.45) is 1.37. The van der Waals surface area contributed by atoms with Crippen LogP contribution in [0.2, 0.25) is 0 Å². The van der Waals surface area contributed by atoms with E-state index in [9.17, 15) is 4.79 Å². The van der Waals surface area contributed by atoms with E-state index in [4.69, 9.17) is 9.15 Å². The number of hydrogen-bond donors (Lipinski definition) is 1. The van der Waals surface area contributed by atoms with Crippen LogP contribution in [0.15, 0.2) is 22.8 Å². The molecule has 1 heterocycles. The van der Waals surface area contributed by atoms with E-state index in [1.54, 1.807) is 19.4 Å². The first-order valence-corrected chi connectivity index (χ1v) is 4.04. The molecule has 0 aliphatic rings. The Balaban J connectivity index is 2.49. The number of methoxy groups -OCH3 is 1. The van der Waals surface area contributed by atoms with Crippen LogP contribution in [-0.2, 0) is 9.53 Å². The van der Waals surface area contributed by atoms with E-state index < -0.39 is 0 Å². The molecular formula is C9H13NO3. The van der Waals surface area contributed by atoms with Crippen LogP contribution in [0.5, 0.6) is 0 Å². The minimum absolute atomic E-state index is 0.0754. The lowest BCUT2D eigenvalue weighted by molar-refractivity contribution is -0.119. The second-order valence-electron chi connectivity index (χ2n) is 2.68. The molecule has 1 aromatic heterocycles. The molecule has 0 radical (unpaired) electrons. The van der Waals surface area contributed by atoms with Gasteiger partial charge >= 0.3 is 0 Å². The van der Waals surface area contributed by atoms with E-state index in [0.717, 1.165) is 5.76 Å². The molecule has 13 heavy (non-hydrogen) atoms. The van der Waals surface area contributed by atoms with Crippen molar-refractivity contribution in [3.8, 4) is 0 Å². The van der Waals surface area contributed by atoms with Gasteiger partial charge in [-0.15, -0.1) is 0 Å². The number of furan rings is 1. The number of nitrogens with one attached hydrogen (secondary N) is 1. The van der Waals surface area contributed by atoms with Crippen LogP contribution < -0.4 is 5.32 Å². The van der Waals surface area contributed by atoms with Crippen molar-refractivity contribution in [2.75, 3.05) is 13.7 Å². The minimum atomic E-state index is -0.209. The van der Waals surface area contributed by atoms with Crippen molar-refractivity contribution in [1.29, 1.82) is 0 Å². The molecule has 1 N–H and O–H groups in total. The zero-order chi connectivity index (χ0) is 9.68. The number of ether oxygens (including phenoxy) is 1. The summed E-state index contributed by atoms with van der Waals surface area (Å²) in [5.41, 5.74) is 0. The molecule has 0 saturated carbocycles. The molecule has 0 fully saturated rings. The summed E-state index contributed by atoms with van der Waals surface area (Å²) in [6, 6.07) is 3.60. The fraction of sp³-hybridized carbons (Fsp3) is 0.444. The first-order valence-electron chi connectivity index (χ1n) is 4.04. The molecule has 0 unspecified atom stereocenters. The second kappa shape index (κ2) is 4.67. The topological polar surface area (TPSA) is 51.5 Å². The van der Waals surface area contributed by atoms with Crippen LogP contribution in [-0.4, -0.2) is 19.6 Å². The first kappa shape index (κ1) is 9.80. The smallest absolute Gasteiger partial charge is 0.216 e. The van der Waals surface area contributed by atoms with E-state index >= 15 is 0 Å². The normalized spacial score (nSPS) is 12.5. The summed E-state index contributed by atoms with van der Waals surface area (Å²) in [5, 5.41) is 2.66. The van der Waals surface area contributed by atoms with E-state index in [1.807, 2.05) is 6.07 Å². The maximum Gasteiger partial charge on any atom is 0.216 e. The Bertz CT molecular complexity index is 256. The molecule has 4 heteroatoms. The van der Waals surface area contributed by atoms with Crippen molar-refractivity contribution in [1.82, 2.24) is 5.32 Å². The lowest BCUT2D eigenvalue weighted by atomic mass is 10.2. The van der Waals surface area contributed by atoms with Gasteiger partial charge in [-0.25, -0.2) is 0 Å². The van der Waals surface area contributed by atoms with Gasteiger partial charge in [-0.3, -0.25) is 4.79 Å². The van der Waals surface area contributed by atoms with Crippen LogP contribution in [0.1, 0.15) is 18.8 Å². The van der Waals surface area contributed by atoms with E-state index in [1.165, 1.54) is 6.92 Å². The van der Waals surface area contributed by atoms with Crippen LogP contribution in [0, 0.1) is 0 Å². The lowest BCUT2D eigenvalue weighted by Gasteiger charge is -2.12. The SMILES string of the molecule is CO[C@@H](CNC(C)=O)c1ccco1. The molecule has 1 atom stereocenters. The number of carbonyl (C=O) groups excluding carboxylic acids is 1. The highest BCUT2D eigenvalue weighted by atomic mass is 16.5. The molecule has 4 nitrogen and oxygen atoms in total. The van der Waals surface area contributed by atoms with Gasteiger partial charge in [0.1, 0.15) is 11.9 Å². The van der Waals surface area contributed by atoms with Crippen LogP contribution in [0.4, 0.5) is 0 Å². The predicted molar refractivity (Wildman–Crippen MR) is 47.1 cm³/mol. The summed E-state index contributed by atoms with van der Waals surface area (Å²) in [5.74, 6) is 0.643. The average molecular weight is 183 g/mol. The number of carbonyl (C=O) groups is 1. The molecule has 0 spiro atoms. The molecule has 0 saturated heterocycles. The first-order chi connectivity index (χ1) is 6.24. The van der Waals surface area contributed by atoms with Crippen LogP contribution in [0.25, 0.3) is 0 Å². The van der Waals surface area contributed by atoms with Gasteiger partial charge in [0.2, 0.25) is 5.91 Å². The van der Waals surface area contributed by atoms with E-state index in [2.05, 4.69) is 5.32 Å². The third-order valence-electron chi connectivity index (χ3n) is 1.68. The minimum Gasteiger partial charge on any atom is -0.467 e. The Labute approximate surface area is 76.9 Å². The highest BCUT2D eigenvalue weighted by Gasteiger charge is 2.12. The Hall–Kier alpha value is -1.29. The highest BCUT2D eigenvalue weighted by molar-refractivity contribution is 5.72. The van der Waals surface area contributed by atoms with Crippen molar-refractivity contribution >= 4 is 5.91 Å². The monoisotopic (exact) mass is 183 g/mol. The third-order valence-corrected chi connectivity index (χ3v) is 1.68. The molecule has 0 bridgehead atoms. The van der Waals surface area contributed by atoms with Crippen LogP contribution in [0.3, 0.4) is 0 Å². The molecule has 0 aliphatic heterocycles. The van der Waals surface area contributed by atoms with Crippen molar-refractivity contribution in [3.05, 3.63) is 24.2 Å². The Morgan fingerprint density at radius 2 is 2.54 bits per heavy atom. The second-order valence-corrected chi connectivity index (χ2v) is 2.68. The summed E-state index contributed by atoms with van der Waals surface area (Å²) < 4.78 is 10.3. The molecule has 1 aromatic rings. The fourth-order valence-electron chi connectivity index (χ4n) is 1.01. The number of rotatable bonds is 4. The maximum atomic E-state index is 10.6. The standard InChI is InChI=1S/C9H13NO3/c1-7(11)10-6-9(12-2)8-4-3-5-13-8/h3-5,9H,6H2,1-2H3,(H,10,11)/t9-/m0/s1. The summed E-state index contributed by atoms with van der Waals surface area (Å²) in [7, 11) is 1.58. The Morgan fingerprint density at radius 3 is 3.00 bits per heavy atom. The van der Waals surface area contributed by atoms with Crippen molar-refractivity contribution in [3.63, 3.8) is 0 Å². The van der Waals surface area contributed by atoms with Gasteiger partial charge in [-0.05, 0) is 12.1 Å². The number of amides is 1. The maximum absolute atomic E-state index is 10.6. The molecule has 1 rings (SSSR count). The van der Waals surface area contributed by atoms with Crippen molar-refractivity contribution in [2.45, 2.75) is 13.0 Å². The third kappa shape index (κ3) is 2.91. The average Bonchev–Trinajstić information content (AvgIpc) is 2.58. The van der Waals surface area contributed by atoms with Gasteiger partial charge in [0.25, 0.3) is 0 Å². The molecule has 0 aliphatic carbocycles. The summed E-state index contributed by atoms with van der Waals surface area (Å²) in [6.45, 7) is 1.90. The fourth-order valence-corrected chi connectivity index (χ4v) is 1.01. The molecular weight excluding hydrogens is 170 g/mol. The van der Waals surface area contributed by atoms with Gasteiger partial charge in [0.15, 0.2) is 0 Å². The molecule has 1 amide bonds. The Kier molecular flexibility index (Phi) is 3.52. The van der Waals surface area contributed by atoms with Gasteiger partial charge < -0.3 is 14.5 Å². The van der Waals surface area contributed by atoms with Gasteiger partial charge in [0.05, 0.1) is 12.8 Å². The molecule has 72 valence electrons. The van der Waals surface area contributed by atoms with Crippen molar-refractivity contribution in [2.24, 2.45) is 0 Å². The zero-order valence-corrected chi connectivity index (χ0v) is 7.74. The van der Waals surface area contributed by atoms with E-state index in [0.29, 0.717) is 6.54 Å². The van der Waals surface area contributed by atoms with Gasteiger partial charge in [-0.1, -0.05) is 0 Å². The zero-order valence-electron chi connectivity index (χ0n) is 7.74. The Morgan fingerprint density at radius 1 is 1.77 bits per heavy atom. The van der Waals surface area contributed by atoms with Gasteiger partial charge in [0, 0.05) is 14.0 Å². The summed E-state index contributed by atoms with van der Waals surface area (Å²) >= 11 is 0.